The van der Waals surface area contributed by atoms with Crippen molar-refractivity contribution in [3.63, 3.8) is 0 Å². The zero-order valence-electron chi connectivity index (χ0n) is 17.5. The lowest BCUT2D eigenvalue weighted by atomic mass is 9.95. The van der Waals surface area contributed by atoms with Gasteiger partial charge in [-0.15, -0.1) is 0 Å². The summed E-state index contributed by atoms with van der Waals surface area (Å²) in [7, 11) is 0. The molecule has 1 fully saturated rings. The number of hydrogen-bond acceptors (Lipinski definition) is 4. The summed E-state index contributed by atoms with van der Waals surface area (Å²) in [6, 6.07) is 13.7. The summed E-state index contributed by atoms with van der Waals surface area (Å²) >= 11 is 0. The Hall–Kier alpha value is -3.68. The molecule has 0 bridgehead atoms. The number of hydrogen-bond donors (Lipinski definition) is 2. The number of amides is 4. The van der Waals surface area contributed by atoms with Crippen molar-refractivity contribution in [2.45, 2.75) is 38.8 Å². The van der Waals surface area contributed by atoms with Crippen molar-refractivity contribution < 1.29 is 19.2 Å². The van der Waals surface area contributed by atoms with Gasteiger partial charge in [0.05, 0.1) is 11.3 Å². The van der Waals surface area contributed by atoms with Gasteiger partial charge in [-0.3, -0.25) is 24.1 Å². The van der Waals surface area contributed by atoms with Gasteiger partial charge in [-0.05, 0) is 36.8 Å². The van der Waals surface area contributed by atoms with E-state index in [4.69, 9.17) is 0 Å². The molecule has 2 aliphatic heterocycles. The van der Waals surface area contributed by atoms with Crippen LogP contribution in [-0.4, -0.2) is 40.7 Å². The van der Waals surface area contributed by atoms with E-state index in [1.54, 1.807) is 48.5 Å². The van der Waals surface area contributed by atoms with E-state index in [1.165, 1.54) is 16.7 Å². The zero-order valence-corrected chi connectivity index (χ0v) is 17.5. The van der Waals surface area contributed by atoms with Crippen LogP contribution in [0.4, 0.5) is 17.1 Å². The summed E-state index contributed by atoms with van der Waals surface area (Å²) < 4.78 is 0. The van der Waals surface area contributed by atoms with E-state index in [2.05, 4.69) is 10.6 Å². The maximum atomic E-state index is 13.7. The summed E-state index contributed by atoms with van der Waals surface area (Å²) in [6.07, 6.45) is 1.02. The van der Waals surface area contributed by atoms with Crippen LogP contribution in [0.3, 0.4) is 0 Å². The highest BCUT2D eigenvalue weighted by atomic mass is 16.2. The van der Waals surface area contributed by atoms with Gasteiger partial charge in [-0.2, -0.15) is 0 Å². The van der Waals surface area contributed by atoms with Crippen molar-refractivity contribution in [3.8, 4) is 0 Å². The summed E-state index contributed by atoms with van der Waals surface area (Å²) in [5.74, 6) is -1.12. The normalized spacial score (nSPS) is 19.7. The van der Waals surface area contributed by atoms with Gasteiger partial charge in [0.1, 0.15) is 0 Å². The highest BCUT2D eigenvalue weighted by Crippen LogP contribution is 2.45. The molecule has 4 amide bonds. The van der Waals surface area contributed by atoms with E-state index in [0.717, 1.165) is 0 Å². The van der Waals surface area contributed by atoms with Gasteiger partial charge in [-0.25, -0.2) is 0 Å². The number of benzene rings is 2. The number of anilines is 3. The van der Waals surface area contributed by atoms with E-state index < -0.39 is 11.6 Å². The minimum absolute atomic E-state index is 0.168. The Morgan fingerprint density at radius 3 is 2.45 bits per heavy atom. The lowest BCUT2D eigenvalue weighted by Gasteiger charge is -2.49. The second kappa shape index (κ2) is 7.86. The number of rotatable bonds is 5. The SMILES string of the molecule is CCCN1C(=O)c2ccccc2N2C(=O)CCC12C(=O)Nc1cccc(NC(C)=O)c1. The minimum Gasteiger partial charge on any atom is -0.326 e. The highest BCUT2D eigenvalue weighted by molar-refractivity contribution is 6.18. The molecule has 2 aromatic rings. The molecule has 0 aliphatic carbocycles. The quantitative estimate of drug-likeness (QED) is 0.777. The van der Waals surface area contributed by atoms with Crippen LogP contribution in [0.1, 0.15) is 43.5 Å². The average molecular weight is 420 g/mol. The fraction of sp³-hybridized carbons (Fsp3) is 0.304. The number of carbonyl (C=O) groups is 4. The number of nitrogens with one attached hydrogen (secondary N) is 2. The molecule has 4 rings (SSSR count). The molecule has 2 aliphatic rings. The molecular formula is C23H24N4O4. The predicted molar refractivity (Wildman–Crippen MR) is 117 cm³/mol. The smallest absolute Gasteiger partial charge is 0.271 e. The predicted octanol–water partition coefficient (Wildman–Crippen LogP) is 2.97. The maximum Gasteiger partial charge on any atom is 0.271 e. The lowest BCUT2D eigenvalue weighted by Crippen LogP contribution is -2.69. The molecule has 160 valence electrons. The molecular weight excluding hydrogens is 396 g/mol. The van der Waals surface area contributed by atoms with E-state index in [9.17, 15) is 19.2 Å². The van der Waals surface area contributed by atoms with Crippen molar-refractivity contribution >= 4 is 40.7 Å². The van der Waals surface area contributed by atoms with Gasteiger partial charge >= 0.3 is 0 Å². The van der Waals surface area contributed by atoms with Crippen molar-refractivity contribution in [1.29, 1.82) is 0 Å². The van der Waals surface area contributed by atoms with Crippen LogP contribution in [0.15, 0.2) is 48.5 Å². The van der Waals surface area contributed by atoms with Crippen LogP contribution in [0.5, 0.6) is 0 Å². The second-order valence-electron chi connectivity index (χ2n) is 7.74. The van der Waals surface area contributed by atoms with E-state index in [1.807, 2.05) is 6.92 Å². The number of nitrogens with zero attached hydrogens (tertiary/aromatic N) is 2. The second-order valence-corrected chi connectivity index (χ2v) is 7.74. The summed E-state index contributed by atoms with van der Waals surface area (Å²) in [5, 5.41) is 5.55. The number of carbonyl (C=O) groups excluding carboxylic acids is 4. The fourth-order valence-corrected chi connectivity index (χ4v) is 4.42. The van der Waals surface area contributed by atoms with Crippen LogP contribution < -0.4 is 15.5 Å². The van der Waals surface area contributed by atoms with Crippen LogP contribution in [0, 0.1) is 0 Å². The molecule has 2 heterocycles. The topological polar surface area (TPSA) is 98.8 Å². The summed E-state index contributed by atoms with van der Waals surface area (Å²) in [4.78, 5) is 54.3. The molecule has 8 heteroatoms. The van der Waals surface area contributed by atoms with E-state index in [-0.39, 0.29) is 30.6 Å². The first-order chi connectivity index (χ1) is 14.9. The van der Waals surface area contributed by atoms with Crippen LogP contribution in [0.25, 0.3) is 0 Å². The van der Waals surface area contributed by atoms with Gasteiger partial charge < -0.3 is 15.5 Å². The Morgan fingerprint density at radius 2 is 1.74 bits per heavy atom. The Morgan fingerprint density at radius 1 is 1.03 bits per heavy atom. The van der Waals surface area contributed by atoms with Gasteiger partial charge in [0.2, 0.25) is 17.5 Å². The Balaban J connectivity index is 1.77. The molecule has 8 nitrogen and oxygen atoms in total. The standard InChI is InChI=1S/C23H24N4O4/c1-3-13-26-21(30)18-9-4-5-10-19(18)27-20(29)11-12-23(26,27)22(31)25-17-8-6-7-16(14-17)24-15(2)28/h4-10,14H,3,11-13H2,1-2H3,(H,24,28)(H,25,31). The third-order valence-electron chi connectivity index (χ3n) is 5.63. The molecule has 0 saturated carbocycles. The largest absolute Gasteiger partial charge is 0.326 e. The van der Waals surface area contributed by atoms with Gasteiger partial charge in [-0.1, -0.05) is 25.1 Å². The maximum absolute atomic E-state index is 13.7. The van der Waals surface area contributed by atoms with Crippen molar-refractivity contribution in [3.05, 3.63) is 54.1 Å². The lowest BCUT2D eigenvalue weighted by molar-refractivity contribution is -0.128. The first-order valence-electron chi connectivity index (χ1n) is 10.3. The Kier molecular flexibility index (Phi) is 5.22. The third kappa shape index (κ3) is 3.34. The van der Waals surface area contributed by atoms with Crippen LogP contribution in [-0.2, 0) is 14.4 Å². The minimum atomic E-state index is -1.43. The third-order valence-corrected chi connectivity index (χ3v) is 5.63. The van der Waals surface area contributed by atoms with E-state index in [0.29, 0.717) is 35.6 Å². The Bertz CT molecular complexity index is 1080. The first kappa shape index (κ1) is 20.6. The molecule has 1 unspecified atom stereocenters. The molecule has 31 heavy (non-hydrogen) atoms. The molecule has 0 radical (unpaired) electrons. The first-order valence-corrected chi connectivity index (χ1v) is 10.3. The Labute approximate surface area is 180 Å². The van der Waals surface area contributed by atoms with Gasteiger partial charge in [0, 0.05) is 37.7 Å². The van der Waals surface area contributed by atoms with Gasteiger partial charge in [0.15, 0.2) is 0 Å². The molecule has 0 spiro atoms. The van der Waals surface area contributed by atoms with Gasteiger partial charge in [0.25, 0.3) is 11.8 Å². The number of fused-ring (bicyclic) bond motifs is 3. The number of para-hydroxylation sites is 1. The molecule has 2 aromatic carbocycles. The molecule has 0 aromatic heterocycles. The molecule has 2 N–H and O–H groups in total. The fourth-order valence-electron chi connectivity index (χ4n) is 4.42. The summed E-state index contributed by atoms with van der Waals surface area (Å²) in [5.41, 5.74) is 0.458. The summed E-state index contributed by atoms with van der Waals surface area (Å²) in [6.45, 7) is 3.67. The van der Waals surface area contributed by atoms with Crippen molar-refractivity contribution in [2.75, 3.05) is 22.1 Å². The molecule has 1 atom stereocenters. The van der Waals surface area contributed by atoms with Crippen LogP contribution in [0.2, 0.25) is 0 Å². The highest BCUT2D eigenvalue weighted by Gasteiger charge is 2.60. The average Bonchev–Trinajstić information content (AvgIpc) is 3.09. The van der Waals surface area contributed by atoms with Crippen molar-refractivity contribution in [2.24, 2.45) is 0 Å². The molecule has 1 saturated heterocycles. The van der Waals surface area contributed by atoms with Crippen molar-refractivity contribution in [1.82, 2.24) is 4.90 Å². The van der Waals surface area contributed by atoms with E-state index >= 15 is 0 Å². The zero-order chi connectivity index (χ0) is 22.2. The van der Waals surface area contributed by atoms with Crippen LogP contribution >= 0.6 is 0 Å². The monoisotopic (exact) mass is 420 g/mol.